The number of ether oxygens (including phenoxy) is 1. The standard InChI is InChI=1S/C24H15N5O/c1-3-7-21-19(5-1)29(20-6-2-4-8-22(20)30-21)17-11-9-16(10-12-17)18-15-27-23-24(28-18)26-14-13-25-23/h1-15H. The van der Waals surface area contributed by atoms with Gasteiger partial charge in [0, 0.05) is 23.6 Å². The molecule has 0 radical (unpaired) electrons. The second-order valence-electron chi connectivity index (χ2n) is 6.88. The average Bonchev–Trinajstić information content (AvgIpc) is 2.82. The van der Waals surface area contributed by atoms with Crippen LogP contribution in [0.5, 0.6) is 11.5 Å². The second kappa shape index (κ2) is 6.63. The first-order chi connectivity index (χ1) is 14.9. The molecule has 6 rings (SSSR count). The highest BCUT2D eigenvalue weighted by atomic mass is 16.5. The number of hydrogen-bond acceptors (Lipinski definition) is 6. The molecule has 5 aromatic rings. The van der Waals surface area contributed by atoms with Gasteiger partial charge >= 0.3 is 0 Å². The molecule has 0 spiro atoms. The summed E-state index contributed by atoms with van der Waals surface area (Å²) in [7, 11) is 0. The molecule has 0 atom stereocenters. The van der Waals surface area contributed by atoms with E-state index in [2.05, 4.69) is 49.1 Å². The zero-order chi connectivity index (χ0) is 19.9. The molecule has 0 saturated heterocycles. The average molecular weight is 389 g/mol. The van der Waals surface area contributed by atoms with E-state index in [0.29, 0.717) is 11.3 Å². The lowest BCUT2D eigenvalue weighted by Gasteiger charge is -2.32. The van der Waals surface area contributed by atoms with Crippen molar-refractivity contribution >= 4 is 28.4 Å². The van der Waals surface area contributed by atoms with Gasteiger partial charge in [0.2, 0.25) is 0 Å². The Hall–Kier alpha value is -4.32. The SMILES string of the molecule is c1ccc2c(c1)Oc1ccccc1N2c1ccc(-c2cnc3nccnc3n2)cc1. The first-order valence-electron chi connectivity index (χ1n) is 9.57. The van der Waals surface area contributed by atoms with Crippen LogP contribution in [0.25, 0.3) is 22.6 Å². The molecule has 1 aliphatic rings. The summed E-state index contributed by atoms with van der Waals surface area (Å²) in [6.07, 6.45) is 4.96. The number of hydrogen-bond donors (Lipinski definition) is 0. The Bertz CT molecular complexity index is 1340. The lowest BCUT2D eigenvalue weighted by atomic mass is 10.1. The molecule has 0 amide bonds. The van der Waals surface area contributed by atoms with Crippen LogP contribution in [0.4, 0.5) is 17.1 Å². The summed E-state index contributed by atoms with van der Waals surface area (Å²) < 4.78 is 6.09. The molecule has 3 heterocycles. The Morgan fingerprint density at radius 3 is 1.97 bits per heavy atom. The highest BCUT2D eigenvalue weighted by Gasteiger charge is 2.25. The van der Waals surface area contributed by atoms with Gasteiger partial charge in [0.1, 0.15) is 0 Å². The lowest BCUT2D eigenvalue weighted by molar-refractivity contribution is 0.477. The normalized spacial score (nSPS) is 12.2. The molecule has 0 N–H and O–H groups in total. The Morgan fingerprint density at radius 2 is 1.27 bits per heavy atom. The Kier molecular flexibility index (Phi) is 3.67. The van der Waals surface area contributed by atoms with Crippen LogP contribution in [0, 0.1) is 0 Å². The van der Waals surface area contributed by atoms with Crippen molar-refractivity contribution in [3.63, 3.8) is 0 Å². The van der Waals surface area contributed by atoms with Crippen LogP contribution in [0.2, 0.25) is 0 Å². The summed E-state index contributed by atoms with van der Waals surface area (Å²) in [5.74, 6) is 1.67. The van der Waals surface area contributed by atoms with Crippen LogP contribution < -0.4 is 9.64 Å². The van der Waals surface area contributed by atoms with E-state index in [9.17, 15) is 0 Å². The minimum absolute atomic E-state index is 0.537. The molecule has 1 aliphatic heterocycles. The van der Waals surface area contributed by atoms with E-state index in [4.69, 9.17) is 4.74 Å². The lowest BCUT2D eigenvalue weighted by Crippen LogP contribution is -2.15. The topological polar surface area (TPSA) is 64.0 Å². The van der Waals surface area contributed by atoms with Crippen LogP contribution in [0.3, 0.4) is 0 Å². The predicted octanol–water partition coefficient (Wildman–Crippen LogP) is 5.66. The molecular formula is C24H15N5O. The number of benzene rings is 3. The Labute approximate surface area is 172 Å². The predicted molar refractivity (Wildman–Crippen MR) is 115 cm³/mol. The van der Waals surface area contributed by atoms with E-state index in [1.54, 1.807) is 18.6 Å². The number of para-hydroxylation sites is 4. The summed E-state index contributed by atoms with van der Waals surface area (Å²) in [6, 6.07) is 24.3. The van der Waals surface area contributed by atoms with Crippen molar-refractivity contribution in [2.75, 3.05) is 4.90 Å². The first kappa shape index (κ1) is 16.6. The zero-order valence-electron chi connectivity index (χ0n) is 15.8. The van der Waals surface area contributed by atoms with Gasteiger partial charge in [-0.3, -0.25) is 0 Å². The minimum atomic E-state index is 0.537. The number of anilines is 3. The molecule has 0 aliphatic carbocycles. The molecule has 3 aromatic carbocycles. The van der Waals surface area contributed by atoms with Crippen molar-refractivity contribution < 1.29 is 4.74 Å². The van der Waals surface area contributed by atoms with E-state index >= 15 is 0 Å². The quantitative estimate of drug-likeness (QED) is 0.381. The molecule has 30 heavy (non-hydrogen) atoms. The molecule has 142 valence electrons. The third-order valence-corrected chi connectivity index (χ3v) is 5.05. The van der Waals surface area contributed by atoms with Gasteiger partial charge in [0.15, 0.2) is 22.8 Å². The third-order valence-electron chi connectivity index (χ3n) is 5.05. The smallest absolute Gasteiger partial charge is 0.198 e. The van der Waals surface area contributed by atoms with Crippen molar-refractivity contribution in [2.24, 2.45) is 0 Å². The minimum Gasteiger partial charge on any atom is -0.453 e. The number of rotatable bonds is 2. The number of nitrogens with zero attached hydrogens (tertiary/aromatic N) is 5. The Balaban J connectivity index is 1.43. The van der Waals surface area contributed by atoms with Gasteiger partial charge in [-0.2, -0.15) is 0 Å². The van der Waals surface area contributed by atoms with Gasteiger partial charge < -0.3 is 9.64 Å². The Morgan fingerprint density at radius 1 is 0.633 bits per heavy atom. The van der Waals surface area contributed by atoms with Crippen molar-refractivity contribution in [1.29, 1.82) is 0 Å². The van der Waals surface area contributed by atoms with Crippen molar-refractivity contribution in [2.45, 2.75) is 0 Å². The fourth-order valence-electron chi connectivity index (χ4n) is 3.66. The van der Waals surface area contributed by atoms with E-state index in [-0.39, 0.29) is 0 Å². The monoisotopic (exact) mass is 389 g/mol. The summed E-state index contributed by atoms with van der Waals surface area (Å²) in [4.78, 5) is 19.6. The molecular weight excluding hydrogens is 374 g/mol. The first-order valence-corrected chi connectivity index (χ1v) is 9.57. The molecule has 2 aromatic heterocycles. The molecule has 0 bridgehead atoms. The summed E-state index contributed by atoms with van der Waals surface area (Å²) in [5.41, 5.74) is 5.85. The summed E-state index contributed by atoms with van der Waals surface area (Å²) in [6.45, 7) is 0. The maximum Gasteiger partial charge on any atom is 0.198 e. The molecule has 6 nitrogen and oxygen atoms in total. The highest BCUT2D eigenvalue weighted by molar-refractivity contribution is 5.86. The van der Waals surface area contributed by atoms with Crippen molar-refractivity contribution in [3.8, 4) is 22.8 Å². The van der Waals surface area contributed by atoms with Gasteiger partial charge in [-0.1, -0.05) is 36.4 Å². The van der Waals surface area contributed by atoms with E-state index < -0.39 is 0 Å². The molecule has 0 saturated carbocycles. The zero-order valence-corrected chi connectivity index (χ0v) is 15.8. The number of aromatic nitrogens is 4. The summed E-state index contributed by atoms with van der Waals surface area (Å²) in [5, 5.41) is 0. The van der Waals surface area contributed by atoms with Crippen LogP contribution in [-0.2, 0) is 0 Å². The van der Waals surface area contributed by atoms with Gasteiger partial charge in [-0.25, -0.2) is 19.9 Å². The van der Waals surface area contributed by atoms with Gasteiger partial charge in [0.05, 0.1) is 23.3 Å². The summed E-state index contributed by atoms with van der Waals surface area (Å²) >= 11 is 0. The van der Waals surface area contributed by atoms with Crippen molar-refractivity contribution in [3.05, 3.63) is 91.4 Å². The fourth-order valence-corrected chi connectivity index (χ4v) is 3.66. The third kappa shape index (κ3) is 2.66. The van der Waals surface area contributed by atoms with Crippen LogP contribution in [0.1, 0.15) is 0 Å². The van der Waals surface area contributed by atoms with Crippen LogP contribution in [-0.4, -0.2) is 19.9 Å². The maximum atomic E-state index is 6.09. The van der Waals surface area contributed by atoms with Crippen molar-refractivity contribution in [1.82, 2.24) is 19.9 Å². The molecule has 0 unspecified atom stereocenters. The van der Waals surface area contributed by atoms with E-state index in [0.717, 1.165) is 39.8 Å². The highest BCUT2D eigenvalue weighted by Crippen LogP contribution is 2.50. The van der Waals surface area contributed by atoms with E-state index in [1.807, 2.05) is 48.5 Å². The molecule has 0 fully saturated rings. The van der Waals surface area contributed by atoms with Gasteiger partial charge in [-0.05, 0) is 36.4 Å². The second-order valence-corrected chi connectivity index (χ2v) is 6.88. The van der Waals surface area contributed by atoms with Crippen LogP contribution in [0.15, 0.2) is 91.4 Å². The fraction of sp³-hybridized carbons (Fsp3) is 0. The molecule has 6 heteroatoms. The van der Waals surface area contributed by atoms with Gasteiger partial charge in [-0.15, -0.1) is 0 Å². The van der Waals surface area contributed by atoms with Crippen LogP contribution >= 0.6 is 0 Å². The maximum absolute atomic E-state index is 6.09. The number of fused-ring (bicyclic) bond motifs is 3. The van der Waals surface area contributed by atoms with E-state index in [1.165, 1.54) is 0 Å². The van der Waals surface area contributed by atoms with Gasteiger partial charge in [0.25, 0.3) is 0 Å². The largest absolute Gasteiger partial charge is 0.453 e.